The van der Waals surface area contributed by atoms with Crippen LogP contribution in [0.4, 0.5) is 0 Å². The Bertz CT molecular complexity index is 580. The van der Waals surface area contributed by atoms with Crippen molar-refractivity contribution in [3.05, 3.63) is 56.5 Å². The maximum absolute atomic E-state index is 9.55. The van der Waals surface area contributed by atoms with Crippen LogP contribution >= 0.6 is 39.1 Å². The van der Waals surface area contributed by atoms with E-state index < -0.39 is 6.10 Å². The highest BCUT2D eigenvalue weighted by Gasteiger charge is 2.08. The Balaban J connectivity index is 2.26. The molecule has 2 aromatic rings. The topological polar surface area (TPSA) is 29.5 Å². The van der Waals surface area contributed by atoms with Gasteiger partial charge in [-0.15, -0.1) is 0 Å². The van der Waals surface area contributed by atoms with E-state index in [1.54, 1.807) is 43.3 Å². The van der Waals surface area contributed by atoms with Gasteiger partial charge in [0, 0.05) is 14.5 Å². The van der Waals surface area contributed by atoms with Crippen molar-refractivity contribution in [2.24, 2.45) is 0 Å². The van der Waals surface area contributed by atoms with E-state index in [1.165, 1.54) is 0 Å². The number of halogens is 3. The Morgan fingerprint density at radius 2 is 1.68 bits per heavy atom. The summed E-state index contributed by atoms with van der Waals surface area (Å²) in [6.45, 7) is 1.71. The SMILES string of the molecule is C[C@H](O)c1ccc(Oc2cc(Cl)cc(Cl)c2)cc1Br. The molecule has 2 rings (SSSR count). The zero-order chi connectivity index (χ0) is 14.0. The van der Waals surface area contributed by atoms with Gasteiger partial charge in [0.05, 0.1) is 6.10 Å². The van der Waals surface area contributed by atoms with Gasteiger partial charge >= 0.3 is 0 Å². The standard InChI is InChI=1S/C14H11BrCl2O2/c1-8(18)13-3-2-11(7-14(13)15)19-12-5-9(16)4-10(17)6-12/h2-8,18H,1H3/t8-/m0/s1. The van der Waals surface area contributed by atoms with Crippen LogP contribution in [-0.2, 0) is 0 Å². The van der Waals surface area contributed by atoms with Crippen LogP contribution in [0.2, 0.25) is 10.0 Å². The van der Waals surface area contributed by atoms with Crippen LogP contribution < -0.4 is 4.74 Å². The van der Waals surface area contributed by atoms with E-state index in [1.807, 2.05) is 0 Å². The van der Waals surface area contributed by atoms with Crippen LogP contribution in [0.15, 0.2) is 40.9 Å². The van der Waals surface area contributed by atoms with Gasteiger partial charge in [0.1, 0.15) is 11.5 Å². The number of ether oxygens (including phenoxy) is 1. The van der Waals surface area contributed by atoms with Crippen LogP contribution in [0.25, 0.3) is 0 Å². The molecule has 0 aliphatic heterocycles. The summed E-state index contributed by atoms with van der Waals surface area (Å²) in [6.07, 6.45) is -0.538. The highest BCUT2D eigenvalue weighted by Crippen LogP contribution is 2.32. The van der Waals surface area contributed by atoms with Crippen LogP contribution in [0, 0.1) is 0 Å². The van der Waals surface area contributed by atoms with Crippen molar-refractivity contribution in [2.45, 2.75) is 13.0 Å². The number of hydrogen-bond donors (Lipinski definition) is 1. The minimum atomic E-state index is -0.538. The molecule has 100 valence electrons. The van der Waals surface area contributed by atoms with Gasteiger partial charge in [0.2, 0.25) is 0 Å². The minimum Gasteiger partial charge on any atom is -0.457 e. The zero-order valence-electron chi connectivity index (χ0n) is 10.0. The van der Waals surface area contributed by atoms with Crippen LogP contribution in [-0.4, -0.2) is 5.11 Å². The maximum atomic E-state index is 9.55. The van der Waals surface area contributed by atoms with Crippen molar-refractivity contribution in [3.63, 3.8) is 0 Å². The lowest BCUT2D eigenvalue weighted by molar-refractivity contribution is 0.198. The van der Waals surface area contributed by atoms with E-state index in [0.29, 0.717) is 21.5 Å². The predicted molar refractivity (Wildman–Crippen MR) is 81.3 cm³/mol. The quantitative estimate of drug-likeness (QED) is 0.770. The fourth-order valence-corrected chi connectivity index (χ4v) is 2.83. The van der Waals surface area contributed by atoms with Gasteiger partial charge in [-0.1, -0.05) is 45.2 Å². The van der Waals surface area contributed by atoms with Crippen molar-refractivity contribution in [1.29, 1.82) is 0 Å². The van der Waals surface area contributed by atoms with Gasteiger partial charge in [-0.05, 0) is 42.8 Å². The Morgan fingerprint density at radius 3 is 2.21 bits per heavy atom. The molecule has 0 aromatic heterocycles. The monoisotopic (exact) mass is 360 g/mol. The van der Waals surface area contributed by atoms with Crippen molar-refractivity contribution >= 4 is 39.1 Å². The highest BCUT2D eigenvalue weighted by atomic mass is 79.9. The van der Waals surface area contributed by atoms with Gasteiger partial charge in [-0.2, -0.15) is 0 Å². The molecule has 0 bridgehead atoms. The third-order valence-electron chi connectivity index (χ3n) is 2.49. The summed E-state index contributed by atoms with van der Waals surface area (Å²) < 4.78 is 6.46. The molecule has 0 radical (unpaired) electrons. The van der Waals surface area contributed by atoms with Crippen LogP contribution in [0.5, 0.6) is 11.5 Å². The third kappa shape index (κ3) is 3.86. The Labute approximate surface area is 130 Å². The molecular weight excluding hydrogens is 351 g/mol. The fraction of sp³-hybridized carbons (Fsp3) is 0.143. The molecule has 0 heterocycles. The Kier molecular flexibility index (Phi) is 4.74. The second-order valence-corrected chi connectivity index (χ2v) is 5.79. The summed E-state index contributed by atoms with van der Waals surface area (Å²) in [7, 11) is 0. The molecule has 2 aromatic carbocycles. The molecular formula is C14H11BrCl2O2. The first-order chi connectivity index (χ1) is 8.95. The van der Waals surface area contributed by atoms with Gasteiger partial charge in [0.25, 0.3) is 0 Å². The normalized spacial score (nSPS) is 12.3. The van der Waals surface area contributed by atoms with Crippen molar-refractivity contribution in [1.82, 2.24) is 0 Å². The number of benzene rings is 2. The number of rotatable bonds is 3. The second-order valence-electron chi connectivity index (χ2n) is 4.07. The molecule has 0 saturated heterocycles. The van der Waals surface area contributed by atoms with Crippen molar-refractivity contribution < 1.29 is 9.84 Å². The molecule has 0 amide bonds. The molecule has 19 heavy (non-hydrogen) atoms. The van der Waals surface area contributed by atoms with Gasteiger partial charge < -0.3 is 9.84 Å². The minimum absolute atomic E-state index is 0.516. The van der Waals surface area contributed by atoms with Gasteiger partial charge in [-0.25, -0.2) is 0 Å². The maximum Gasteiger partial charge on any atom is 0.130 e. The van der Waals surface area contributed by atoms with Crippen LogP contribution in [0.3, 0.4) is 0 Å². The molecule has 1 N–H and O–H groups in total. The third-order valence-corrected chi connectivity index (χ3v) is 3.62. The van der Waals surface area contributed by atoms with Gasteiger partial charge in [0.15, 0.2) is 0 Å². The molecule has 0 aliphatic carbocycles. The Hall–Kier alpha value is -0.740. The summed E-state index contributed by atoms with van der Waals surface area (Å²) in [6, 6.07) is 10.4. The van der Waals surface area contributed by atoms with E-state index >= 15 is 0 Å². The second kappa shape index (κ2) is 6.14. The van der Waals surface area contributed by atoms with Crippen molar-refractivity contribution in [2.75, 3.05) is 0 Å². The molecule has 5 heteroatoms. The number of aliphatic hydroxyl groups excluding tert-OH is 1. The van der Waals surface area contributed by atoms with Crippen molar-refractivity contribution in [3.8, 4) is 11.5 Å². The molecule has 2 nitrogen and oxygen atoms in total. The molecule has 0 fully saturated rings. The average molecular weight is 362 g/mol. The van der Waals surface area contributed by atoms with E-state index in [9.17, 15) is 5.11 Å². The van der Waals surface area contributed by atoms with E-state index in [2.05, 4.69) is 15.9 Å². The summed E-state index contributed by atoms with van der Waals surface area (Å²) >= 11 is 15.2. The number of hydrogen-bond acceptors (Lipinski definition) is 2. The Morgan fingerprint density at radius 1 is 1.05 bits per heavy atom. The summed E-state index contributed by atoms with van der Waals surface area (Å²) in [4.78, 5) is 0. The molecule has 0 aliphatic rings. The predicted octanol–water partition coefficient (Wildman–Crippen LogP) is 5.60. The smallest absolute Gasteiger partial charge is 0.130 e. The van der Waals surface area contributed by atoms with E-state index in [-0.39, 0.29) is 0 Å². The largest absolute Gasteiger partial charge is 0.457 e. The highest BCUT2D eigenvalue weighted by molar-refractivity contribution is 9.10. The first kappa shape index (κ1) is 14.7. The average Bonchev–Trinajstić information content (AvgIpc) is 2.26. The molecule has 0 spiro atoms. The van der Waals surface area contributed by atoms with Crippen LogP contribution in [0.1, 0.15) is 18.6 Å². The lowest BCUT2D eigenvalue weighted by Gasteiger charge is -2.11. The lowest BCUT2D eigenvalue weighted by Crippen LogP contribution is -1.93. The lowest BCUT2D eigenvalue weighted by atomic mass is 10.1. The summed E-state index contributed by atoms with van der Waals surface area (Å²) in [5.74, 6) is 1.20. The summed E-state index contributed by atoms with van der Waals surface area (Å²) in [5.41, 5.74) is 0.802. The fourth-order valence-electron chi connectivity index (χ4n) is 1.63. The summed E-state index contributed by atoms with van der Waals surface area (Å²) in [5, 5.41) is 10.6. The van der Waals surface area contributed by atoms with Gasteiger partial charge in [-0.3, -0.25) is 0 Å². The molecule has 0 unspecified atom stereocenters. The first-order valence-corrected chi connectivity index (χ1v) is 7.12. The van der Waals surface area contributed by atoms with E-state index in [4.69, 9.17) is 27.9 Å². The zero-order valence-corrected chi connectivity index (χ0v) is 13.1. The molecule has 1 atom stereocenters. The van der Waals surface area contributed by atoms with E-state index in [0.717, 1.165) is 10.0 Å². The molecule has 0 saturated carbocycles. The first-order valence-electron chi connectivity index (χ1n) is 5.57. The number of aliphatic hydroxyl groups is 1.